The zero-order valence-electron chi connectivity index (χ0n) is 12.0. The number of nitrogens with one attached hydrogen (secondary N) is 1. The summed E-state index contributed by atoms with van der Waals surface area (Å²) in [4.78, 5) is 1.04. The number of nitrogens with zero attached hydrogens (tertiary/aromatic N) is 1. The lowest BCUT2D eigenvalue weighted by Crippen LogP contribution is -2.32. The van der Waals surface area contributed by atoms with Gasteiger partial charge in [0.2, 0.25) is 0 Å². The van der Waals surface area contributed by atoms with Gasteiger partial charge in [0.05, 0.1) is 6.61 Å². The molecule has 0 aliphatic carbocycles. The Labute approximate surface area is 125 Å². The standard InChI is InChI=1S/C13H22N2O3S2/c1-11(2)14-10-12-4-5-13(19-12)20(16,17)15-6-3-8-18-9-7-15/h4-5,11,14H,3,6-10H2,1-2H3. The van der Waals surface area contributed by atoms with Crippen LogP contribution in [0, 0.1) is 0 Å². The third-order valence-electron chi connectivity index (χ3n) is 3.10. The Morgan fingerprint density at radius 2 is 2.15 bits per heavy atom. The van der Waals surface area contributed by atoms with Crippen LogP contribution in [0.15, 0.2) is 16.3 Å². The van der Waals surface area contributed by atoms with Gasteiger partial charge < -0.3 is 10.1 Å². The molecule has 0 spiro atoms. The molecule has 5 nitrogen and oxygen atoms in total. The lowest BCUT2D eigenvalue weighted by atomic mass is 10.4. The summed E-state index contributed by atoms with van der Waals surface area (Å²) in [6.45, 7) is 6.96. The second kappa shape index (κ2) is 7.00. The molecule has 114 valence electrons. The van der Waals surface area contributed by atoms with Crippen molar-refractivity contribution in [1.82, 2.24) is 9.62 Å². The number of rotatable bonds is 5. The quantitative estimate of drug-likeness (QED) is 0.897. The van der Waals surface area contributed by atoms with Crippen LogP contribution in [-0.4, -0.2) is 45.1 Å². The normalized spacial score (nSPS) is 18.4. The van der Waals surface area contributed by atoms with Gasteiger partial charge in [0, 0.05) is 37.2 Å². The highest BCUT2D eigenvalue weighted by molar-refractivity contribution is 7.91. The zero-order chi connectivity index (χ0) is 14.6. The minimum atomic E-state index is -3.36. The van der Waals surface area contributed by atoms with Crippen LogP contribution < -0.4 is 5.32 Å². The topological polar surface area (TPSA) is 58.6 Å². The van der Waals surface area contributed by atoms with Crippen LogP contribution in [0.5, 0.6) is 0 Å². The van der Waals surface area contributed by atoms with Crippen molar-refractivity contribution in [2.24, 2.45) is 0 Å². The Bertz CT molecular complexity index is 517. The number of sulfonamides is 1. The van der Waals surface area contributed by atoms with E-state index in [1.54, 1.807) is 6.07 Å². The first-order chi connectivity index (χ1) is 9.50. The van der Waals surface area contributed by atoms with E-state index in [1.807, 2.05) is 6.07 Å². The summed E-state index contributed by atoms with van der Waals surface area (Å²) in [5.74, 6) is 0. The largest absolute Gasteiger partial charge is 0.380 e. The molecule has 0 saturated carbocycles. The minimum absolute atomic E-state index is 0.389. The lowest BCUT2D eigenvalue weighted by Gasteiger charge is -2.17. The molecule has 1 aromatic rings. The first kappa shape index (κ1) is 15.9. The monoisotopic (exact) mass is 318 g/mol. The SMILES string of the molecule is CC(C)NCc1ccc(S(=O)(=O)N2CCCOCC2)s1. The van der Waals surface area contributed by atoms with E-state index in [4.69, 9.17) is 4.74 Å². The average Bonchev–Trinajstić information content (AvgIpc) is 2.70. The number of hydrogen-bond donors (Lipinski definition) is 1. The Balaban J connectivity index is 2.08. The molecule has 1 N–H and O–H groups in total. The van der Waals surface area contributed by atoms with E-state index in [1.165, 1.54) is 15.6 Å². The molecule has 0 unspecified atom stereocenters. The molecule has 7 heteroatoms. The first-order valence-electron chi connectivity index (χ1n) is 6.90. The molecule has 0 radical (unpaired) electrons. The Morgan fingerprint density at radius 3 is 2.90 bits per heavy atom. The van der Waals surface area contributed by atoms with Gasteiger partial charge in [-0.05, 0) is 18.6 Å². The summed E-state index contributed by atoms with van der Waals surface area (Å²) >= 11 is 1.35. The minimum Gasteiger partial charge on any atom is -0.380 e. The van der Waals surface area contributed by atoms with E-state index in [-0.39, 0.29) is 0 Å². The molecular formula is C13H22N2O3S2. The average molecular weight is 318 g/mol. The Kier molecular flexibility index (Phi) is 5.57. The summed E-state index contributed by atoms with van der Waals surface area (Å²) in [5, 5.41) is 3.30. The second-order valence-corrected chi connectivity index (χ2v) is 8.46. The van der Waals surface area contributed by atoms with Crippen LogP contribution in [0.25, 0.3) is 0 Å². The predicted molar refractivity (Wildman–Crippen MR) is 80.5 cm³/mol. The molecule has 1 saturated heterocycles. The molecule has 1 aliphatic rings. The van der Waals surface area contributed by atoms with Crippen molar-refractivity contribution in [1.29, 1.82) is 0 Å². The van der Waals surface area contributed by atoms with Gasteiger partial charge in [-0.3, -0.25) is 0 Å². The maximum atomic E-state index is 12.6. The van der Waals surface area contributed by atoms with Crippen molar-refractivity contribution in [3.8, 4) is 0 Å². The molecule has 20 heavy (non-hydrogen) atoms. The van der Waals surface area contributed by atoms with Gasteiger partial charge in [0.25, 0.3) is 10.0 Å². The van der Waals surface area contributed by atoms with E-state index >= 15 is 0 Å². The smallest absolute Gasteiger partial charge is 0.252 e. The molecule has 1 fully saturated rings. The first-order valence-corrected chi connectivity index (χ1v) is 9.16. The molecule has 2 heterocycles. The lowest BCUT2D eigenvalue weighted by molar-refractivity contribution is 0.148. The van der Waals surface area contributed by atoms with Crippen LogP contribution in [0.1, 0.15) is 25.1 Å². The summed E-state index contributed by atoms with van der Waals surface area (Å²) < 4.78 is 32.4. The van der Waals surface area contributed by atoms with Crippen LogP contribution in [-0.2, 0) is 21.3 Å². The van der Waals surface area contributed by atoms with Crippen molar-refractivity contribution in [3.05, 3.63) is 17.0 Å². The van der Waals surface area contributed by atoms with Crippen molar-refractivity contribution in [2.75, 3.05) is 26.3 Å². The van der Waals surface area contributed by atoms with Gasteiger partial charge in [0.15, 0.2) is 0 Å². The van der Waals surface area contributed by atoms with Crippen LogP contribution in [0.3, 0.4) is 0 Å². The van der Waals surface area contributed by atoms with Gasteiger partial charge >= 0.3 is 0 Å². The van der Waals surface area contributed by atoms with Crippen LogP contribution in [0.4, 0.5) is 0 Å². The maximum absolute atomic E-state index is 12.6. The third kappa shape index (κ3) is 4.02. The fourth-order valence-electron chi connectivity index (χ4n) is 1.99. The van der Waals surface area contributed by atoms with Crippen molar-refractivity contribution in [3.63, 3.8) is 0 Å². The molecule has 1 aliphatic heterocycles. The molecular weight excluding hydrogens is 296 g/mol. The van der Waals surface area contributed by atoms with Crippen LogP contribution in [0.2, 0.25) is 0 Å². The molecule has 0 atom stereocenters. The highest BCUT2D eigenvalue weighted by atomic mass is 32.2. The zero-order valence-corrected chi connectivity index (χ0v) is 13.6. The van der Waals surface area contributed by atoms with E-state index in [9.17, 15) is 8.42 Å². The van der Waals surface area contributed by atoms with Gasteiger partial charge in [-0.1, -0.05) is 13.8 Å². The molecule has 0 aromatic carbocycles. The van der Waals surface area contributed by atoms with Crippen molar-refractivity contribution >= 4 is 21.4 Å². The van der Waals surface area contributed by atoms with Gasteiger partial charge in [-0.25, -0.2) is 8.42 Å². The van der Waals surface area contributed by atoms with Gasteiger partial charge in [-0.15, -0.1) is 11.3 Å². The van der Waals surface area contributed by atoms with E-state index < -0.39 is 10.0 Å². The van der Waals surface area contributed by atoms with Crippen molar-refractivity contribution in [2.45, 2.75) is 37.1 Å². The predicted octanol–water partition coefficient (Wildman–Crippen LogP) is 1.66. The highest BCUT2D eigenvalue weighted by Gasteiger charge is 2.26. The number of ether oxygens (including phenoxy) is 1. The summed E-state index contributed by atoms with van der Waals surface area (Å²) in [6, 6.07) is 3.99. The molecule has 0 amide bonds. The maximum Gasteiger partial charge on any atom is 0.252 e. The Hall–Kier alpha value is -0.470. The van der Waals surface area contributed by atoms with Gasteiger partial charge in [-0.2, -0.15) is 4.31 Å². The fourth-order valence-corrected chi connectivity index (χ4v) is 4.91. The molecule has 0 bridgehead atoms. The fraction of sp³-hybridized carbons (Fsp3) is 0.692. The summed E-state index contributed by atoms with van der Waals surface area (Å²) in [5.41, 5.74) is 0. The second-order valence-electron chi connectivity index (χ2n) is 5.13. The molecule has 2 rings (SSSR count). The summed E-state index contributed by atoms with van der Waals surface area (Å²) in [7, 11) is -3.36. The number of thiophene rings is 1. The van der Waals surface area contributed by atoms with Gasteiger partial charge in [0.1, 0.15) is 4.21 Å². The summed E-state index contributed by atoms with van der Waals surface area (Å²) in [6.07, 6.45) is 0.756. The Morgan fingerprint density at radius 1 is 1.35 bits per heavy atom. The highest BCUT2D eigenvalue weighted by Crippen LogP contribution is 2.25. The van der Waals surface area contributed by atoms with Crippen molar-refractivity contribution < 1.29 is 13.2 Å². The van der Waals surface area contributed by atoms with E-state index in [0.29, 0.717) is 43.1 Å². The molecule has 1 aromatic heterocycles. The van der Waals surface area contributed by atoms with E-state index in [0.717, 1.165) is 11.3 Å². The van der Waals surface area contributed by atoms with E-state index in [2.05, 4.69) is 19.2 Å². The number of hydrogen-bond acceptors (Lipinski definition) is 5. The third-order valence-corrected chi connectivity index (χ3v) is 6.55. The van der Waals surface area contributed by atoms with Crippen LogP contribution >= 0.6 is 11.3 Å².